The van der Waals surface area contributed by atoms with E-state index in [-0.39, 0.29) is 5.69 Å². The monoisotopic (exact) mass is 405 g/mol. The molecule has 0 saturated carbocycles. The second-order valence-corrected chi connectivity index (χ2v) is 6.95. The number of hydrogen-bond acceptors (Lipinski definition) is 7. The molecule has 3 rings (SSSR count). The molecular weight excluding hydrogens is 390 g/mol. The Morgan fingerprint density at radius 3 is 2.63 bits per heavy atom. The maximum atomic E-state index is 10.8. The van der Waals surface area contributed by atoms with Gasteiger partial charge in [0.25, 0.3) is 5.69 Å². The highest BCUT2D eigenvalue weighted by molar-refractivity contribution is 7.99. The molecular formula is C17H16ClN5O3S. The van der Waals surface area contributed by atoms with E-state index in [0.29, 0.717) is 34.2 Å². The molecule has 2 aromatic heterocycles. The van der Waals surface area contributed by atoms with Gasteiger partial charge in [-0.15, -0.1) is 10.2 Å². The average molecular weight is 406 g/mol. The van der Waals surface area contributed by atoms with Gasteiger partial charge in [-0.05, 0) is 48.5 Å². The van der Waals surface area contributed by atoms with E-state index >= 15 is 0 Å². The first-order valence-electron chi connectivity index (χ1n) is 8.05. The number of pyridine rings is 1. The Bertz CT molecular complexity index is 915. The fourth-order valence-corrected chi connectivity index (χ4v) is 3.30. The van der Waals surface area contributed by atoms with Gasteiger partial charge in [-0.2, -0.15) is 0 Å². The highest BCUT2D eigenvalue weighted by Crippen LogP contribution is 2.30. The van der Waals surface area contributed by atoms with Gasteiger partial charge in [0, 0.05) is 36.9 Å². The van der Waals surface area contributed by atoms with Gasteiger partial charge in [0.15, 0.2) is 11.0 Å². The summed E-state index contributed by atoms with van der Waals surface area (Å²) in [6.45, 7) is 1.27. The summed E-state index contributed by atoms with van der Waals surface area (Å²) < 4.78 is 7.12. The summed E-state index contributed by atoms with van der Waals surface area (Å²) in [6.07, 6.45) is 2.02. The van der Waals surface area contributed by atoms with Crippen LogP contribution in [-0.2, 0) is 11.3 Å². The van der Waals surface area contributed by atoms with Crippen molar-refractivity contribution >= 4 is 29.1 Å². The standard InChI is InChI=1S/C17H16ClN5O3S/c1-26-10-2-9-22-16(12-3-5-13(18)6-4-12)20-21-17(22)27-15-8-7-14(11-19-15)23(24)25/h3-8,11H,2,9-10H2,1H3. The smallest absolute Gasteiger partial charge is 0.287 e. The Labute approximate surface area is 164 Å². The minimum Gasteiger partial charge on any atom is -0.385 e. The molecule has 10 heteroatoms. The van der Waals surface area contributed by atoms with Gasteiger partial charge in [0.05, 0.1) is 4.92 Å². The Hall–Kier alpha value is -2.49. The van der Waals surface area contributed by atoms with Gasteiger partial charge in [-0.1, -0.05) is 11.6 Å². The lowest BCUT2D eigenvalue weighted by Gasteiger charge is -2.10. The zero-order valence-corrected chi connectivity index (χ0v) is 16.0. The second-order valence-electron chi connectivity index (χ2n) is 5.52. The molecule has 0 aliphatic carbocycles. The van der Waals surface area contributed by atoms with Crippen molar-refractivity contribution in [3.8, 4) is 11.4 Å². The highest BCUT2D eigenvalue weighted by Gasteiger charge is 2.16. The maximum absolute atomic E-state index is 10.8. The lowest BCUT2D eigenvalue weighted by molar-refractivity contribution is -0.385. The van der Waals surface area contributed by atoms with Crippen LogP contribution in [0, 0.1) is 10.1 Å². The number of methoxy groups -OCH3 is 1. The molecule has 0 radical (unpaired) electrons. The topological polar surface area (TPSA) is 96.0 Å². The number of ether oxygens (including phenoxy) is 1. The molecule has 0 saturated heterocycles. The van der Waals surface area contributed by atoms with Crippen molar-refractivity contribution < 1.29 is 9.66 Å². The van der Waals surface area contributed by atoms with Gasteiger partial charge in [0.1, 0.15) is 11.2 Å². The number of halogens is 1. The maximum Gasteiger partial charge on any atom is 0.287 e. The SMILES string of the molecule is COCCCn1c(Sc2ccc([N+](=O)[O-])cn2)nnc1-c1ccc(Cl)cc1. The van der Waals surface area contributed by atoms with Crippen LogP contribution in [0.5, 0.6) is 0 Å². The highest BCUT2D eigenvalue weighted by atomic mass is 35.5. The van der Waals surface area contributed by atoms with Crippen molar-refractivity contribution in [3.63, 3.8) is 0 Å². The number of hydrogen-bond donors (Lipinski definition) is 0. The van der Waals surface area contributed by atoms with Crippen molar-refractivity contribution in [2.45, 2.75) is 23.1 Å². The molecule has 0 aliphatic heterocycles. The summed E-state index contributed by atoms with van der Waals surface area (Å²) in [5, 5.41) is 21.2. The number of rotatable bonds is 8. The number of aromatic nitrogens is 4. The van der Waals surface area contributed by atoms with E-state index in [0.717, 1.165) is 12.0 Å². The summed E-state index contributed by atoms with van der Waals surface area (Å²) >= 11 is 7.27. The zero-order chi connectivity index (χ0) is 19.2. The van der Waals surface area contributed by atoms with Crippen LogP contribution in [0.15, 0.2) is 52.8 Å². The summed E-state index contributed by atoms with van der Waals surface area (Å²) in [7, 11) is 1.66. The van der Waals surface area contributed by atoms with Crippen molar-refractivity contribution in [1.29, 1.82) is 0 Å². The third-order valence-electron chi connectivity index (χ3n) is 3.68. The molecule has 0 atom stereocenters. The molecule has 8 nitrogen and oxygen atoms in total. The molecule has 2 heterocycles. The van der Waals surface area contributed by atoms with Crippen LogP contribution >= 0.6 is 23.4 Å². The van der Waals surface area contributed by atoms with Gasteiger partial charge >= 0.3 is 0 Å². The van der Waals surface area contributed by atoms with Crippen LogP contribution < -0.4 is 0 Å². The Morgan fingerprint density at radius 1 is 1.22 bits per heavy atom. The predicted molar refractivity (Wildman–Crippen MR) is 102 cm³/mol. The first kappa shape index (κ1) is 19.3. The third kappa shape index (κ3) is 4.82. The van der Waals surface area contributed by atoms with E-state index in [1.54, 1.807) is 25.3 Å². The molecule has 0 fully saturated rings. The molecule has 27 heavy (non-hydrogen) atoms. The molecule has 0 N–H and O–H groups in total. The quantitative estimate of drug-likeness (QED) is 0.316. The van der Waals surface area contributed by atoms with Crippen LogP contribution in [0.25, 0.3) is 11.4 Å². The molecule has 0 amide bonds. The molecule has 1 aromatic carbocycles. The summed E-state index contributed by atoms with van der Waals surface area (Å²) in [4.78, 5) is 14.4. The van der Waals surface area contributed by atoms with Crippen molar-refractivity contribution in [2.24, 2.45) is 0 Å². The van der Waals surface area contributed by atoms with Crippen molar-refractivity contribution in [3.05, 3.63) is 57.7 Å². The van der Waals surface area contributed by atoms with Crippen LogP contribution in [-0.4, -0.2) is 38.4 Å². The first-order chi connectivity index (χ1) is 13.1. The van der Waals surface area contributed by atoms with Gasteiger partial charge in [-0.3, -0.25) is 10.1 Å². The van der Waals surface area contributed by atoms with Gasteiger partial charge < -0.3 is 9.30 Å². The minimum atomic E-state index is -0.479. The summed E-state index contributed by atoms with van der Waals surface area (Å²) in [5.74, 6) is 0.715. The molecule has 0 unspecified atom stereocenters. The van der Waals surface area contributed by atoms with E-state index in [1.807, 2.05) is 16.7 Å². The normalized spacial score (nSPS) is 10.9. The van der Waals surface area contributed by atoms with Crippen molar-refractivity contribution in [2.75, 3.05) is 13.7 Å². The number of nitrogens with zero attached hydrogens (tertiary/aromatic N) is 5. The Balaban J connectivity index is 1.89. The van der Waals surface area contributed by atoms with E-state index in [9.17, 15) is 10.1 Å². The van der Waals surface area contributed by atoms with Crippen LogP contribution in [0.3, 0.4) is 0 Å². The van der Waals surface area contributed by atoms with E-state index < -0.39 is 4.92 Å². The lowest BCUT2D eigenvalue weighted by Crippen LogP contribution is -2.05. The average Bonchev–Trinajstić information content (AvgIpc) is 3.05. The third-order valence-corrected chi connectivity index (χ3v) is 4.86. The Morgan fingerprint density at radius 2 is 2.00 bits per heavy atom. The van der Waals surface area contributed by atoms with Gasteiger partial charge in [0.2, 0.25) is 0 Å². The van der Waals surface area contributed by atoms with Crippen LogP contribution in [0.4, 0.5) is 5.69 Å². The zero-order valence-electron chi connectivity index (χ0n) is 14.4. The van der Waals surface area contributed by atoms with E-state index in [4.69, 9.17) is 16.3 Å². The summed E-state index contributed by atoms with van der Waals surface area (Å²) in [6, 6.07) is 10.4. The lowest BCUT2D eigenvalue weighted by atomic mass is 10.2. The largest absolute Gasteiger partial charge is 0.385 e. The van der Waals surface area contributed by atoms with Crippen molar-refractivity contribution in [1.82, 2.24) is 19.7 Å². The fourth-order valence-electron chi connectivity index (χ4n) is 2.38. The second kappa shape index (κ2) is 8.94. The molecule has 0 aliphatic rings. The van der Waals surface area contributed by atoms with Crippen LogP contribution in [0.1, 0.15) is 6.42 Å². The van der Waals surface area contributed by atoms with Crippen LogP contribution in [0.2, 0.25) is 5.02 Å². The number of nitro groups is 1. The van der Waals surface area contributed by atoms with E-state index in [2.05, 4.69) is 15.2 Å². The predicted octanol–water partition coefficient (Wildman–Crippen LogP) is 4.09. The fraction of sp³-hybridized carbons (Fsp3) is 0.235. The summed E-state index contributed by atoms with van der Waals surface area (Å²) in [5.41, 5.74) is 0.843. The minimum absolute atomic E-state index is 0.0530. The molecule has 3 aromatic rings. The first-order valence-corrected chi connectivity index (χ1v) is 9.24. The Kier molecular flexibility index (Phi) is 6.38. The van der Waals surface area contributed by atoms with Gasteiger partial charge in [-0.25, -0.2) is 4.98 Å². The van der Waals surface area contributed by atoms with E-state index in [1.165, 1.54) is 24.0 Å². The molecule has 140 valence electrons. The molecule has 0 bridgehead atoms. The molecule has 0 spiro atoms. The number of benzene rings is 1.